The van der Waals surface area contributed by atoms with Crippen LogP contribution in [0.4, 0.5) is 5.69 Å². The highest BCUT2D eigenvalue weighted by Crippen LogP contribution is 2.27. The Morgan fingerprint density at radius 3 is 1.97 bits per heavy atom. The average Bonchev–Trinajstić information content (AvgIpc) is 2.79. The molecule has 0 fully saturated rings. The summed E-state index contributed by atoms with van der Waals surface area (Å²) in [5.41, 5.74) is 1.50. The summed E-state index contributed by atoms with van der Waals surface area (Å²) in [4.78, 5) is 12.8. The topological polar surface area (TPSA) is 75.7 Å². The molecule has 0 aromatic heterocycles. The molecule has 0 aliphatic heterocycles. The van der Waals surface area contributed by atoms with Crippen molar-refractivity contribution in [1.82, 2.24) is 5.32 Å². The van der Waals surface area contributed by atoms with E-state index in [4.69, 9.17) is 4.74 Å². The summed E-state index contributed by atoms with van der Waals surface area (Å²) < 4.78 is 31.9. The van der Waals surface area contributed by atoms with E-state index in [1.165, 1.54) is 0 Å². The summed E-state index contributed by atoms with van der Waals surface area (Å²) in [6.07, 6.45) is 1.09. The van der Waals surface area contributed by atoms with E-state index < -0.39 is 16.1 Å². The highest BCUT2D eigenvalue weighted by molar-refractivity contribution is 7.92. The maximum atomic E-state index is 12.8. The van der Waals surface area contributed by atoms with Crippen LogP contribution in [0.1, 0.15) is 25.3 Å². The molecular formula is C25H28N2O4S. The third kappa shape index (κ3) is 6.11. The minimum atomic E-state index is -3.69. The molecule has 168 valence electrons. The Bertz CT molecular complexity index is 1120. The molecule has 3 rings (SSSR count). The van der Waals surface area contributed by atoms with Crippen molar-refractivity contribution in [3.05, 3.63) is 90.5 Å². The minimum absolute atomic E-state index is 0.105. The minimum Gasteiger partial charge on any atom is -0.457 e. The Balaban J connectivity index is 1.70. The Hall–Kier alpha value is -3.32. The lowest BCUT2D eigenvalue weighted by Gasteiger charge is -2.28. The van der Waals surface area contributed by atoms with E-state index in [-0.39, 0.29) is 11.8 Å². The number of amides is 1. The number of rotatable bonds is 9. The third-order valence-electron chi connectivity index (χ3n) is 5.11. The predicted octanol–water partition coefficient (Wildman–Crippen LogP) is 4.55. The van der Waals surface area contributed by atoms with Gasteiger partial charge in [0.2, 0.25) is 15.9 Å². The Kier molecular flexibility index (Phi) is 7.53. The van der Waals surface area contributed by atoms with Crippen molar-refractivity contribution >= 4 is 21.6 Å². The van der Waals surface area contributed by atoms with Gasteiger partial charge < -0.3 is 10.1 Å². The average molecular weight is 453 g/mol. The highest BCUT2D eigenvalue weighted by atomic mass is 32.2. The second-order valence-electron chi connectivity index (χ2n) is 7.70. The molecule has 0 radical (unpaired) electrons. The molecule has 3 aromatic carbocycles. The molecule has 0 aliphatic carbocycles. The largest absolute Gasteiger partial charge is 0.457 e. The zero-order valence-corrected chi connectivity index (χ0v) is 19.2. The van der Waals surface area contributed by atoms with Crippen molar-refractivity contribution in [3.8, 4) is 11.5 Å². The zero-order chi connectivity index (χ0) is 23.1. The number of nitrogens with one attached hydrogen (secondary N) is 1. The standard InChI is InChI=1S/C25H28N2O4S/c1-19(21-10-6-4-7-11-21)18-26-25(28)20(2)27(32(3,29)30)22-14-16-24(17-15-22)31-23-12-8-5-9-13-23/h4-17,19-20H,18H2,1-3H3,(H,26,28)/t19-,20+/m0/s1. The molecule has 0 bridgehead atoms. The van der Waals surface area contributed by atoms with Gasteiger partial charge in [0.15, 0.2) is 0 Å². The fourth-order valence-corrected chi connectivity index (χ4v) is 4.57. The second kappa shape index (κ2) is 10.3. The molecule has 0 saturated carbocycles. The summed E-state index contributed by atoms with van der Waals surface area (Å²) in [6.45, 7) is 4.01. The van der Waals surface area contributed by atoms with Gasteiger partial charge in [0.05, 0.1) is 11.9 Å². The van der Waals surface area contributed by atoms with Crippen molar-refractivity contribution in [2.45, 2.75) is 25.8 Å². The molecule has 6 nitrogen and oxygen atoms in total. The molecule has 1 amide bonds. The van der Waals surface area contributed by atoms with E-state index >= 15 is 0 Å². The van der Waals surface area contributed by atoms with Gasteiger partial charge >= 0.3 is 0 Å². The van der Waals surface area contributed by atoms with Crippen LogP contribution in [0.2, 0.25) is 0 Å². The molecular weight excluding hydrogens is 424 g/mol. The molecule has 0 heterocycles. The smallest absolute Gasteiger partial charge is 0.243 e. The molecule has 0 saturated heterocycles. The first kappa shape index (κ1) is 23.3. The highest BCUT2D eigenvalue weighted by Gasteiger charge is 2.29. The van der Waals surface area contributed by atoms with Gasteiger partial charge in [-0.15, -0.1) is 0 Å². The summed E-state index contributed by atoms with van der Waals surface area (Å²) in [6, 6.07) is 24.9. The normalized spacial score (nSPS) is 13.1. The van der Waals surface area contributed by atoms with E-state index in [9.17, 15) is 13.2 Å². The van der Waals surface area contributed by atoms with Crippen LogP contribution in [0.15, 0.2) is 84.9 Å². The van der Waals surface area contributed by atoms with Crippen LogP contribution in [0.3, 0.4) is 0 Å². The molecule has 0 unspecified atom stereocenters. The number of hydrogen-bond donors (Lipinski definition) is 1. The third-order valence-corrected chi connectivity index (χ3v) is 6.35. The van der Waals surface area contributed by atoms with E-state index in [1.54, 1.807) is 31.2 Å². The van der Waals surface area contributed by atoms with Gasteiger partial charge in [-0.05, 0) is 54.8 Å². The van der Waals surface area contributed by atoms with Gasteiger partial charge in [-0.1, -0.05) is 55.5 Å². The van der Waals surface area contributed by atoms with Crippen LogP contribution in [0, 0.1) is 0 Å². The van der Waals surface area contributed by atoms with Gasteiger partial charge in [-0.25, -0.2) is 8.42 Å². The number of ether oxygens (including phenoxy) is 1. The van der Waals surface area contributed by atoms with Crippen molar-refractivity contribution in [3.63, 3.8) is 0 Å². The first-order valence-electron chi connectivity index (χ1n) is 10.4. The molecule has 7 heteroatoms. The van der Waals surface area contributed by atoms with E-state index in [2.05, 4.69) is 5.32 Å². The van der Waals surface area contributed by atoms with Crippen molar-refractivity contribution in [2.24, 2.45) is 0 Å². The number of hydrogen-bond acceptors (Lipinski definition) is 4. The number of benzene rings is 3. The summed E-state index contributed by atoms with van der Waals surface area (Å²) >= 11 is 0. The maximum absolute atomic E-state index is 12.8. The zero-order valence-electron chi connectivity index (χ0n) is 18.4. The van der Waals surface area contributed by atoms with Crippen LogP contribution in [0.25, 0.3) is 0 Å². The van der Waals surface area contributed by atoms with Crippen LogP contribution < -0.4 is 14.4 Å². The number of sulfonamides is 1. The number of carbonyl (C=O) groups is 1. The Labute approximate surface area is 189 Å². The summed E-state index contributed by atoms with van der Waals surface area (Å²) in [5.74, 6) is 0.999. The molecule has 1 N–H and O–H groups in total. The van der Waals surface area contributed by atoms with Crippen molar-refractivity contribution < 1.29 is 17.9 Å². The van der Waals surface area contributed by atoms with E-state index in [0.29, 0.717) is 23.7 Å². The SMILES string of the molecule is C[C@H](C(=O)NC[C@H](C)c1ccccc1)N(c1ccc(Oc2ccccc2)cc1)S(C)(=O)=O. The van der Waals surface area contributed by atoms with Crippen molar-refractivity contribution in [2.75, 3.05) is 17.1 Å². The maximum Gasteiger partial charge on any atom is 0.243 e. The van der Waals surface area contributed by atoms with Crippen LogP contribution >= 0.6 is 0 Å². The number of anilines is 1. The molecule has 0 aliphatic rings. The van der Waals surface area contributed by atoms with Crippen molar-refractivity contribution in [1.29, 1.82) is 0 Å². The van der Waals surface area contributed by atoms with Gasteiger partial charge in [0.25, 0.3) is 0 Å². The fourth-order valence-electron chi connectivity index (χ4n) is 3.40. The van der Waals surface area contributed by atoms with Gasteiger partial charge in [0, 0.05) is 6.54 Å². The monoisotopic (exact) mass is 452 g/mol. The summed E-state index contributed by atoms with van der Waals surface area (Å²) in [5, 5.41) is 2.88. The first-order valence-corrected chi connectivity index (χ1v) is 12.3. The lowest BCUT2D eigenvalue weighted by molar-refractivity contribution is -0.121. The number of nitrogens with zero attached hydrogens (tertiary/aromatic N) is 1. The van der Waals surface area contributed by atoms with Crippen LogP contribution in [0.5, 0.6) is 11.5 Å². The molecule has 3 aromatic rings. The number of para-hydroxylation sites is 1. The lowest BCUT2D eigenvalue weighted by atomic mass is 10.0. The quantitative estimate of drug-likeness (QED) is 0.517. The van der Waals surface area contributed by atoms with Gasteiger partial charge in [0.1, 0.15) is 17.5 Å². The Morgan fingerprint density at radius 1 is 0.875 bits per heavy atom. The fraction of sp³-hybridized carbons (Fsp3) is 0.240. The van der Waals surface area contributed by atoms with Gasteiger partial charge in [-0.2, -0.15) is 0 Å². The Morgan fingerprint density at radius 2 is 1.41 bits per heavy atom. The molecule has 2 atom stereocenters. The first-order chi connectivity index (χ1) is 15.3. The van der Waals surface area contributed by atoms with Crippen LogP contribution in [-0.4, -0.2) is 33.2 Å². The predicted molar refractivity (Wildman–Crippen MR) is 128 cm³/mol. The number of carbonyl (C=O) groups excluding carboxylic acids is 1. The lowest BCUT2D eigenvalue weighted by Crippen LogP contribution is -2.48. The van der Waals surface area contributed by atoms with Crippen LogP contribution in [-0.2, 0) is 14.8 Å². The molecule has 0 spiro atoms. The molecule has 32 heavy (non-hydrogen) atoms. The summed E-state index contributed by atoms with van der Waals surface area (Å²) in [7, 11) is -3.69. The van der Waals surface area contributed by atoms with E-state index in [0.717, 1.165) is 16.1 Å². The second-order valence-corrected chi connectivity index (χ2v) is 9.56. The van der Waals surface area contributed by atoms with Gasteiger partial charge in [-0.3, -0.25) is 9.10 Å². The van der Waals surface area contributed by atoms with E-state index in [1.807, 2.05) is 67.6 Å².